The summed E-state index contributed by atoms with van der Waals surface area (Å²) < 4.78 is 5.34. The topological polar surface area (TPSA) is 77.2 Å². The number of ether oxygens (including phenoxy) is 1. The molecule has 0 bridgehead atoms. The number of amides is 1. The molecule has 0 radical (unpaired) electrons. The smallest absolute Gasteiger partial charge is 0.258 e. The van der Waals surface area contributed by atoms with Gasteiger partial charge in [-0.25, -0.2) is 4.98 Å². The molecule has 100 valence electrons. The number of hydrogen-bond donors (Lipinski definition) is 2. The summed E-state index contributed by atoms with van der Waals surface area (Å²) in [5.41, 5.74) is 6.23. The second kappa shape index (κ2) is 6.19. The second-order valence-electron chi connectivity index (χ2n) is 3.97. The second-order valence-corrected chi connectivity index (χ2v) is 5.29. The van der Waals surface area contributed by atoms with Crippen LogP contribution in [0.1, 0.15) is 9.88 Å². The number of carbonyl (C=O) groups excluding carboxylic acids is 1. The first-order chi connectivity index (χ1) is 9.15. The van der Waals surface area contributed by atoms with E-state index < -0.39 is 0 Å². The Hall–Kier alpha value is -2.08. The van der Waals surface area contributed by atoms with Crippen LogP contribution in [0, 0.1) is 6.92 Å². The van der Waals surface area contributed by atoms with Gasteiger partial charge in [0.25, 0.3) is 5.91 Å². The fourth-order valence-corrected chi connectivity index (χ4v) is 2.19. The van der Waals surface area contributed by atoms with Crippen LogP contribution in [-0.4, -0.2) is 17.5 Å². The van der Waals surface area contributed by atoms with Crippen LogP contribution in [0.3, 0.4) is 0 Å². The van der Waals surface area contributed by atoms with Crippen LogP contribution in [0.15, 0.2) is 30.5 Å². The molecule has 6 heteroatoms. The molecule has 0 saturated heterocycles. The average Bonchev–Trinajstić information content (AvgIpc) is 2.81. The van der Waals surface area contributed by atoms with Gasteiger partial charge in [0.2, 0.25) is 0 Å². The average molecular weight is 277 g/mol. The van der Waals surface area contributed by atoms with Gasteiger partial charge in [-0.1, -0.05) is 12.1 Å². The Kier molecular flexibility index (Phi) is 4.35. The highest BCUT2D eigenvalue weighted by molar-refractivity contribution is 7.11. The number of rotatable bonds is 5. The van der Waals surface area contributed by atoms with Gasteiger partial charge in [0, 0.05) is 11.1 Å². The minimum atomic E-state index is -0.198. The van der Waals surface area contributed by atoms with Gasteiger partial charge in [-0.2, -0.15) is 0 Å². The van der Waals surface area contributed by atoms with Gasteiger partial charge in [-0.05, 0) is 19.1 Å². The molecule has 0 saturated carbocycles. The van der Waals surface area contributed by atoms with Crippen molar-refractivity contribution in [3.8, 4) is 5.75 Å². The Labute approximate surface area is 115 Å². The molecule has 2 rings (SSSR count). The van der Waals surface area contributed by atoms with Crippen molar-refractivity contribution in [3.05, 3.63) is 40.3 Å². The van der Waals surface area contributed by atoms with Crippen LogP contribution < -0.4 is 15.8 Å². The molecule has 0 aliphatic carbocycles. The zero-order valence-electron chi connectivity index (χ0n) is 10.6. The van der Waals surface area contributed by atoms with Gasteiger partial charge in [0.1, 0.15) is 10.8 Å². The SMILES string of the molecule is Cc1cnc(CNC(=O)COc2ccccc2N)s1. The number of nitrogens with zero attached hydrogens (tertiary/aromatic N) is 1. The van der Waals surface area contributed by atoms with Crippen LogP contribution >= 0.6 is 11.3 Å². The highest BCUT2D eigenvalue weighted by atomic mass is 32.1. The molecule has 1 aromatic heterocycles. The normalized spacial score (nSPS) is 10.2. The fraction of sp³-hybridized carbons (Fsp3) is 0.231. The van der Waals surface area contributed by atoms with E-state index in [1.807, 2.05) is 19.1 Å². The van der Waals surface area contributed by atoms with Crippen molar-refractivity contribution >= 4 is 22.9 Å². The molecule has 0 fully saturated rings. The number of thiazole rings is 1. The number of benzene rings is 1. The number of hydrogen-bond acceptors (Lipinski definition) is 5. The molecule has 2 aromatic rings. The Morgan fingerprint density at radius 2 is 2.26 bits per heavy atom. The number of nitrogens with one attached hydrogen (secondary N) is 1. The van der Waals surface area contributed by atoms with Crippen molar-refractivity contribution < 1.29 is 9.53 Å². The predicted molar refractivity (Wildman–Crippen MR) is 75.0 cm³/mol. The van der Waals surface area contributed by atoms with Crippen LogP contribution in [0.4, 0.5) is 5.69 Å². The molecule has 1 amide bonds. The molecule has 0 aliphatic heterocycles. The molecular formula is C13H15N3O2S. The van der Waals surface area contributed by atoms with E-state index >= 15 is 0 Å². The van der Waals surface area contributed by atoms with Crippen LogP contribution in [0.2, 0.25) is 0 Å². The van der Waals surface area contributed by atoms with Crippen LogP contribution in [0.25, 0.3) is 0 Å². The molecule has 1 aromatic carbocycles. The number of aromatic nitrogens is 1. The minimum Gasteiger partial charge on any atom is -0.482 e. The van der Waals surface area contributed by atoms with E-state index in [2.05, 4.69) is 10.3 Å². The third-order valence-corrected chi connectivity index (χ3v) is 3.30. The van der Waals surface area contributed by atoms with Gasteiger partial charge in [0.15, 0.2) is 6.61 Å². The lowest BCUT2D eigenvalue weighted by atomic mass is 10.3. The quantitative estimate of drug-likeness (QED) is 0.816. The number of nitrogens with two attached hydrogens (primary N) is 1. The zero-order chi connectivity index (χ0) is 13.7. The van der Waals surface area contributed by atoms with E-state index in [0.717, 1.165) is 9.88 Å². The maximum Gasteiger partial charge on any atom is 0.258 e. The Balaban J connectivity index is 1.77. The molecule has 5 nitrogen and oxygen atoms in total. The fourth-order valence-electron chi connectivity index (χ4n) is 1.46. The summed E-state index contributed by atoms with van der Waals surface area (Å²) in [5, 5.41) is 3.62. The molecule has 0 aliphatic rings. The third kappa shape index (κ3) is 3.96. The first-order valence-electron chi connectivity index (χ1n) is 5.80. The van der Waals surface area contributed by atoms with E-state index in [1.165, 1.54) is 0 Å². The lowest BCUT2D eigenvalue weighted by Gasteiger charge is -2.08. The molecule has 1 heterocycles. The Morgan fingerprint density at radius 1 is 1.47 bits per heavy atom. The highest BCUT2D eigenvalue weighted by Gasteiger charge is 2.06. The maximum atomic E-state index is 11.6. The summed E-state index contributed by atoms with van der Waals surface area (Å²) in [5.74, 6) is 0.318. The highest BCUT2D eigenvalue weighted by Crippen LogP contribution is 2.19. The number of nitrogen functional groups attached to an aromatic ring is 1. The van der Waals surface area contributed by atoms with Crippen LogP contribution in [0.5, 0.6) is 5.75 Å². The number of anilines is 1. The van der Waals surface area contributed by atoms with Crippen molar-refractivity contribution in [2.45, 2.75) is 13.5 Å². The number of para-hydroxylation sites is 2. The van der Waals surface area contributed by atoms with Gasteiger partial charge >= 0.3 is 0 Å². The monoisotopic (exact) mass is 277 g/mol. The molecule has 3 N–H and O–H groups in total. The van der Waals surface area contributed by atoms with E-state index in [-0.39, 0.29) is 12.5 Å². The summed E-state index contributed by atoms with van der Waals surface area (Å²) in [6, 6.07) is 7.08. The summed E-state index contributed by atoms with van der Waals surface area (Å²) in [7, 11) is 0. The zero-order valence-corrected chi connectivity index (χ0v) is 11.4. The van der Waals surface area contributed by atoms with E-state index in [1.54, 1.807) is 29.7 Å². The van der Waals surface area contributed by atoms with Crippen molar-refractivity contribution in [3.63, 3.8) is 0 Å². The lowest BCUT2D eigenvalue weighted by Crippen LogP contribution is -2.28. The van der Waals surface area contributed by atoms with E-state index in [9.17, 15) is 4.79 Å². The Bertz CT molecular complexity index is 569. The minimum absolute atomic E-state index is 0.0570. The first kappa shape index (κ1) is 13.4. The van der Waals surface area contributed by atoms with Gasteiger partial charge in [-0.3, -0.25) is 4.79 Å². The Morgan fingerprint density at radius 3 is 2.95 bits per heavy atom. The molecule has 19 heavy (non-hydrogen) atoms. The van der Waals surface area contributed by atoms with E-state index in [4.69, 9.17) is 10.5 Å². The largest absolute Gasteiger partial charge is 0.482 e. The molecule has 0 spiro atoms. The van der Waals surface area contributed by atoms with Crippen molar-refractivity contribution in [2.75, 3.05) is 12.3 Å². The predicted octanol–water partition coefficient (Wildman–Crippen LogP) is 1.73. The van der Waals surface area contributed by atoms with Crippen molar-refractivity contribution in [1.29, 1.82) is 0 Å². The number of carbonyl (C=O) groups is 1. The van der Waals surface area contributed by atoms with Gasteiger partial charge < -0.3 is 15.8 Å². The van der Waals surface area contributed by atoms with E-state index in [0.29, 0.717) is 18.0 Å². The summed E-state index contributed by atoms with van der Waals surface area (Å²) in [6.07, 6.45) is 1.79. The van der Waals surface area contributed by atoms with Gasteiger partial charge in [0.05, 0.1) is 12.2 Å². The number of aryl methyl sites for hydroxylation is 1. The summed E-state index contributed by atoms with van der Waals surface area (Å²) >= 11 is 1.56. The molecule has 0 unspecified atom stereocenters. The standard InChI is InChI=1S/C13H15N3O2S/c1-9-6-16-13(19-9)7-15-12(17)8-18-11-5-3-2-4-10(11)14/h2-6H,7-8,14H2,1H3,(H,15,17). The van der Waals surface area contributed by atoms with Gasteiger partial charge in [-0.15, -0.1) is 11.3 Å². The lowest BCUT2D eigenvalue weighted by molar-refractivity contribution is -0.123. The van der Waals surface area contributed by atoms with Crippen LogP contribution in [-0.2, 0) is 11.3 Å². The summed E-state index contributed by atoms with van der Waals surface area (Å²) in [4.78, 5) is 16.9. The van der Waals surface area contributed by atoms with Crippen molar-refractivity contribution in [2.24, 2.45) is 0 Å². The molecular weight excluding hydrogens is 262 g/mol. The third-order valence-electron chi connectivity index (χ3n) is 2.38. The first-order valence-corrected chi connectivity index (χ1v) is 6.62. The molecule has 0 atom stereocenters. The van der Waals surface area contributed by atoms with Crippen molar-refractivity contribution in [1.82, 2.24) is 10.3 Å². The summed E-state index contributed by atoms with van der Waals surface area (Å²) in [6.45, 7) is 2.34. The maximum absolute atomic E-state index is 11.6.